The van der Waals surface area contributed by atoms with Crippen molar-refractivity contribution in [3.63, 3.8) is 0 Å². The molecule has 0 N–H and O–H groups in total. The van der Waals surface area contributed by atoms with E-state index in [1.165, 1.54) is 51.4 Å². The second kappa shape index (κ2) is 16.8. The van der Waals surface area contributed by atoms with E-state index in [4.69, 9.17) is 9.47 Å². The average Bonchev–Trinajstić information content (AvgIpc) is 2.59. The molecule has 0 aliphatic carbocycles. The Balaban J connectivity index is 3.31. The summed E-state index contributed by atoms with van der Waals surface area (Å²) in [6.07, 6.45) is 13.7. The van der Waals surface area contributed by atoms with Crippen LogP contribution in [0.5, 0.6) is 0 Å². The van der Waals surface area contributed by atoms with Gasteiger partial charge in [0.2, 0.25) is 0 Å². The van der Waals surface area contributed by atoms with E-state index in [-0.39, 0.29) is 31.1 Å². The molecule has 0 radical (unpaired) electrons. The van der Waals surface area contributed by atoms with Crippen molar-refractivity contribution in [3.05, 3.63) is 0 Å². The van der Waals surface area contributed by atoms with E-state index in [2.05, 4.69) is 6.92 Å². The first-order valence-electron chi connectivity index (χ1n) is 9.94. The molecule has 142 valence electrons. The van der Waals surface area contributed by atoms with E-state index in [0.29, 0.717) is 6.42 Å². The van der Waals surface area contributed by atoms with Crippen molar-refractivity contribution in [2.24, 2.45) is 5.92 Å². The molecular formula is C20H38O4. The van der Waals surface area contributed by atoms with Gasteiger partial charge in [0.05, 0.1) is 5.92 Å². The van der Waals surface area contributed by atoms with Crippen molar-refractivity contribution in [1.82, 2.24) is 0 Å². The van der Waals surface area contributed by atoms with Crippen LogP contribution in [0.2, 0.25) is 0 Å². The third-order valence-electron chi connectivity index (χ3n) is 4.34. The van der Waals surface area contributed by atoms with Gasteiger partial charge in [0.1, 0.15) is 13.2 Å². The monoisotopic (exact) mass is 342 g/mol. The molecule has 0 aliphatic rings. The Kier molecular flexibility index (Phi) is 16.0. The quantitative estimate of drug-likeness (QED) is 0.277. The Morgan fingerprint density at radius 3 is 1.79 bits per heavy atom. The van der Waals surface area contributed by atoms with E-state index < -0.39 is 0 Å². The van der Waals surface area contributed by atoms with Gasteiger partial charge in [-0.3, -0.25) is 9.59 Å². The number of hydrogen-bond acceptors (Lipinski definition) is 4. The maximum atomic E-state index is 11.6. The lowest BCUT2D eigenvalue weighted by Crippen LogP contribution is -2.18. The van der Waals surface area contributed by atoms with Crippen LogP contribution in [0.25, 0.3) is 0 Å². The summed E-state index contributed by atoms with van der Waals surface area (Å²) in [6.45, 7) is 6.34. The van der Waals surface area contributed by atoms with Gasteiger partial charge in [-0.1, -0.05) is 78.6 Å². The molecular weight excluding hydrogens is 304 g/mol. The molecule has 0 spiro atoms. The number of esters is 2. The van der Waals surface area contributed by atoms with Gasteiger partial charge in [-0.05, 0) is 12.8 Å². The Morgan fingerprint density at radius 2 is 1.25 bits per heavy atom. The highest BCUT2D eigenvalue weighted by molar-refractivity contribution is 5.72. The number of hydrogen-bond donors (Lipinski definition) is 0. The van der Waals surface area contributed by atoms with Crippen molar-refractivity contribution < 1.29 is 19.1 Å². The van der Waals surface area contributed by atoms with Gasteiger partial charge in [0.15, 0.2) is 0 Å². The fourth-order valence-electron chi connectivity index (χ4n) is 2.44. The van der Waals surface area contributed by atoms with E-state index in [9.17, 15) is 9.59 Å². The summed E-state index contributed by atoms with van der Waals surface area (Å²) in [5.74, 6) is -0.496. The Hall–Kier alpha value is -1.06. The predicted octanol–water partition coefficient (Wildman–Crippen LogP) is 5.43. The van der Waals surface area contributed by atoms with Crippen molar-refractivity contribution in [3.8, 4) is 0 Å². The largest absolute Gasteiger partial charge is 0.462 e. The summed E-state index contributed by atoms with van der Waals surface area (Å²) in [5, 5.41) is 0. The minimum atomic E-state index is -0.219. The smallest absolute Gasteiger partial charge is 0.308 e. The number of ether oxygens (including phenoxy) is 2. The highest BCUT2D eigenvalue weighted by atomic mass is 16.6. The van der Waals surface area contributed by atoms with Crippen LogP contribution >= 0.6 is 0 Å². The molecule has 0 aromatic carbocycles. The van der Waals surface area contributed by atoms with Crippen LogP contribution in [0.3, 0.4) is 0 Å². The Morgan fingerprint density at radius 1 is 0.750 bits per heavy atom. The lowest BCUT2D eigenvalue weighted by Gasteiger charge is -2.09. The standard InChI is InChI=1S/C20H38O4/c1-4-6-7-8-9-10-11-12-13-14-15-19(21)23-16-17-24-20(22)18(3)5-2/h18H,4-17H2,1-3H3. The first-order valence-corrected chi connectivity index (χ1v) is 9.94. The van der Waals surface area contributed by atoms with Gasteiger partial charge in [-0.15, -0.1) is 0 Å². The fourth-order valence-corrected chi connectivity index (χ4v) is 2.44. The van der Waals surface area contributed by atoms with Gasteiger partial charge >= 0.3 is 11.9 Å². The molecule has 1 unspecified atom stereocenters. The zero-order valence-corrected chi connectivity index (χ0v) is 16.1. The topological polar surface area (TPSA) is 52.6 Å². The third kappa shape index (κ3) is 14.5. The number of carbonyl (C=O) groups is 2. The second-order valence-corrected chi connectivity index (χ2v) is 6.63. The molecule has 0 fully saturated rings. The molecule has 4 heteroatoms. The summed E-state index contributed by atoms with van der Waals surface area (Å²) in [4.78, 5) is 23.0. The molecule has 0 aromatic heterocycles. The molecule has 0 amide bonds. The van der Waals surface area contributed by atoms with Crippen LogP contribution in [-0.2, 0) is 19.1 Å². The van der Waals surface area contributed by atoms with Crippen LogP contribution in [0.4, 0.5) is 0 Å². The predicted molar refractivity (Wildman–Crippen MR) is 97.8 cm³/mol. The summed E-state index contributed by atoms with van der Waals surface area (Å²) < 4.78 is 10.1. The minimum Gasteiger partial charge on any atom is -0.462 e. The van der Waals surface area contributed by atoms with Gasteiger partial charge in [-0.25, -0.2) is 0 Å². The van der Waals surface area contributed by atoms with E-state index in [1.54, 1.807) is 0 Å². The van der Waals surface area contributed by atoms with Gasteiger partial charge < -0.3 is 9.47 Å². The van der Waals surface area contributed by atoms with Gasteiger partial charge in [0, 0.05) is 6.42 Å². The maximum absolute atomic E-state index is 11.6. The van der Waals surface area contributed by atoms with E-state index in [0.717, 1.165) is 19.3 Å². The van der Waals surface area contributed by atoms with Gasteiger partial charge in [-0.2, -0.15) is 0 Å². The van der Waals surface area contributed by atoms with Crippen molar-refractivity contribution in [2.45, 2.75) is 97.8 Å². The fraction of sp³-hybridized carbons (Fsp3) is 0.900. The maximum Gasteiger partial charge on any atom is 0.308 e. The van der Waals surface area contributed by atoms with Crippen molar-refractivity contribution in [2.75, 3.05) is 13.2 Å². The molecule has 0 heterocycles. The molecule has 24 heavy (non-hydrogen) atoms. The summed E-state index contributed by atoms with van der Waals surface area (Å²) in [6, 6.07) is 0. The molecule has 0 saturated heterocycles. The first kappa shape index (κ1) is 22.9. The van der Waals surface area contributed by atoms with Gasteiger partial charge in [0.25, 0.3) is 0 Å². The SMILES string of the molecule is CCCCCCCCCCCCC(=O)OCCOC(=O)C(C)CC. The highest BCUT2D eigenvalue weighted by Gasteiger charge is 2.11. The first-order chi connectivity index (χ1) is 11.6. The van der Waals surface area contributed by atoms with Crippen LogP contribution in [0.1, 0.15) is 97.8 Å². The molecule has 0 aromatic rings. The summed E-state index contributed by atoms with van der Waals surface area (Å²) >= 11 is 0. The summed E-state index contributed by atoms with van der Waals surface area (Å²) in [7, 11) is 0. The van der Waals surface area contributed by atoms with Crippen molar-refractivity contribution >= 4 is 11.9 Å². The number of rotatable bonds is 16. The van der Waals surface area contributed by atoms with Crippen LogP contribution in [0, 0.1) is 5.92 Å². The Bertz CT molecular complexity index is 315. The lowest BCUT2D eigenvalue weighted by molar-refractivity contribution is -0.154. The van der Waals surface area contributed by atoms with Crippen LogP contribution in [-0.4, -0.2) is 25.2 Å². The zero-order valence-electron chi connectivity index (χ0n) is 16.1. The molecule has 0 rings (SSSR count). The van der Waals surface area contributed by atoms with E-state index >= 15 is 0 Å². The summed E-state index contributed by atoms with van der Waals surface area (Å²) in [5.41, 5.74) is 0. The molecule has 0 saturated carbocycles. The molecule has 0 bridgehead atoms. The zero-order chi connectivity index (χ0) is 18.0. The van der Waals surface area contributed by atoms with E-state index in [1.807, 2.05) is 13.8 Å². The van der Waals surface area contributed by atoms with Crippen molar-refractivity contribution in [1.29, 1.82) is 0 Å². The number of unbranched alkanes of at least 4 members (excludes halogenated alkanes) is 9. The normalized spacial score (nSPS) is 12.0. The van der Waals surface area contributed by atoms with Crippen LogP contribution in [0.15, 0.2) is 0 Å². The van der Waals surface area contributed by atoms with Crippen LogP contribution < -0.4 is 0 Å². The second-order valence-electron chi connectivity index (χ2n) is 6.63. The molecule has 4 nitrogen and oxygen atoms in total. The Labute approximate surface area is 148 Å². The lowest BCUT2D eigenvalue weighted by atomic mass is 10.1. The molecule has 1 atom stereocenters. The molecule has 0 aliphatic heterocycles. The number of carbonyl (C=O) groups excluding carboxylic acids is 2. The minimum absolute atomic E-state index is 0.0904. The average molecular weight is 343 g/mol. The third-order valence-corrected chi connectivity index (χ3v) is 4.34. The highest BCUT2D eigenvalue weighted by Crippen LogP contribution is 2.11.